The van der Waals surface area contributed by atoms with Crippen LogP contribution in [-0.2, 0) is 26.2 Å². The quantitative estimate of drug-likeness (QED) is 0.524. The molecular formula is C24H31N3O7S. The summed E-state index contributed by atoms with van der Waals surface area (Å²) in [5.41, 5.74) is 1.04. The largest absolute Gasteiger partial charge is 0.497 e. The normalized spacial score (nSPS) is 13.5. The minimum atomic E-state index is -3.84. The van der Waals surface area contributed by atoms with E-state index in [2.05, 4.69) is 5.32 Å². The van der Waals surface area contributed by atoms with Crippen molar-refractivity contribution in [3.05, 3.63) is 48.0 Å². The summed E-state index contributed by atoms with van der Waals surface area (Å²) in [4.78, 5) is 27.6. The van der Waals surface area contributed by atoms with E-state index < -0.39 is 28.5 Å². The Kier molecular flexibility index (Phi) is 8.44. The van der Waals surface area contributed by atoms with Gasteiger partial charge in [-0.15, -0.1) is 0 Å². The highest BCUT2D eigenvalue weighted by Gasteiger charge is 2.31. The average Bonchev–Trinajstić information content (AvgIpc) is 2.86. The van der Waals surface area contributed by atoms with E-state index in [1.165, 1.54) is 18.0 Å². The van der Waals surface area contributed by atoms with E-state index >= 15 is 0 Å². The molecule has 0 bridgehead atoms. The van der Waals surface area contributed by atoms with Crippen molar-refractivity contribution in [3.8, 4) is 17.2 Å². The Morgan fingerprint density at radius 3 is 2.31 bits per heavy atom. The van der Waals surface area contributed by atoms with Crippen LogP contribution in [0.15, 0.2) is 42.5 Å². The van der Waals surface area contributed by atoms with E-state index in [9.17, 15) is 18.0 Å². The zero-order chi connectivity index (χ0) is 25.6. The minimum Gasteiger partial charge on any atom is -0.497 e. The molecule has 0 spiro atoms. The van der Waals surface area contributed by atoms with Crippen LogP contribution in [0.25, 0.3) is 0 Å². The van der Waals surface area contributed by atoms with Crippen molar-refractivity contribution >= 4 is 27.5 Å². The van der Waals surface area contributed by atoms with Crippen LogP contribution in [0.2, 0.25) is 0 Å². The number of benzene rings is 2. The number of nitrogens with one attached hydrogen (secondary N) is 1. The molecule has 10 nitrogen and oxygen atoms in total. The van der Waals surface area contributed by atoms with Crippen LogP contribution >= 0.6 is 0 Å². The Hall–Kier alpha value is -3.47. The summed E-state index contributed by atoms with van der Waals surface area (Å²) in [6.07, 6.45) is 1.38. The number of nitrogens with zero attached hydrogens (tertiary/aromatic N) is 2. The third-order valence-corrected chi connectivity index (χ3v) is 6.78. The second kappa shape index (κ2) is 11.3. The summed E-state index contributed by atoms with van der Waals surface area (Å²) in [6, 6.07) is 11.0. The van der Waals surface area contributed by atoms with Gasteiger partial charge in [-0.3, -0.25) is 13.9 Å². The van der Waals surface area contributed by atoms with Gasteiger partial charge in [0.2, 0.25) is 21.8 Å². The Labute approximate surface area is 205 Å². The van der Waals surface area contributed by atoms with Crippen LogP contribution in [-0.4, -0.2) is 71.3 Å². The lowest BCUT2D eigenvalue weighted by atomic mass is 10.1. The van der Waals surface area contributed by atoms with Crippen LogP contribution in [0.1, 0.15) is 18.9 Å². The molecular weight excluding hydrogens is 474 g/mol. The van der Waals surface area contributed by atoms with Gasteiger partial charge in [-0.1, -0.05) is 19.1 Å². The maximum atomic E-state index is 13.6. The van der Waals surface area contributed by atoms with Gasteiger partial charge in [0.1, 0.15) is 31.5 Å². The number of carbonyl (C=O) groups is 2. The molecule has 190 valence electrons. The van der Waals surface area contributed by atoms with Crippen molar-refractivity contribution < 1.29 is 32.2 Å². The average molecular weight is 506 g/mol. The standard InChI is InChI=1S/C24H31N3O7S/c1-5-20(24(29)25-2)26(15-17-6-9-19(32-3)10-7-17)23(28)16-27(35(4,30)31)18-8-11-21-22(14-18)34-13-12-33-21/h6-11,14,20H,5,12-13,15-16H2,1-4H3,(H,25,29). The number of anilines is 1. The first-order valence-corrected chi connectivity index (χ1v) is 13.0. The second-order valence-electron chi connectivity index (χ2n) is 8.01. The van der Waals surface area contributed by atoms with Gasteiger partial charge in [-0.25, -0.2) is 8.42 Å². The fraction of sp³-hybridized carbons (Fsp3) is 0.417. The molecule has 2 aromatic rings. The number of sulfonamides is 1. The van der Waals surface area contributed by atoms with Crippen molar-refractivity contribution in [1.29, 1.82) is 0 Å². The molecule has 1 atom stereocenters. The summed E-state index contributed by atoms with van der Waals surface area (Å²) in [6.45, 7) is 2.17. The zero-order valence-corrected chi connectivity index (χ0v) is 21.1. The van der Waals surface area contributed by atoms with Crippen molar-refractivity contribution in [1.82, 2.24) is 10.2 Å². The number of rotatable bonds is 10. The fourth-order valence-corrected chi connectivity index (χ4v) is 4.66. The van der Waals surface area contributed by atoms with Gasteiger partial charge in [0, 0.05) is 19.7 Å². The molecule has 0 saturated carbocycles. The van der Waals surface area contributed by atoms with Crippen molar-refractivity contribution in [3.63, 3.8) is 0 Å². The number of likely N-dealkylation sites (N-methyl/N-ethyl adjacent to an activating group) is 1. The monoisotopic (exact) mass is 505 g/mol. The van der Waals surface area contributed by atoms with Gasteiger partial charge in [0.05, 0.1) is 19.1 Å². The number of ether oxygens (including phenoxy) is 3. The zero-order valence-electron chi connectivity index (χ0n) is 20.3. The number of carbonyl (C=O) groups excluding carboxylic acids is 2. The number of amides is 2. The fourth-order valence-electron chi connectivity index (χ4n) is 3.81. The molecule has 0 aliphatic carbocycles. The molecule has 0 radical (unpaired) electrons. The SMILES string of the molecule is CCC(C(=O)NC)N(Cc1ccc(OC)cc1)C(=O)CN(c1ccc2c(c1)OCCO2)S(C)(=O)=O. The van der Waals surface area contributed by atoms with Crippen LogP contribution in [0, 0.1) is 0 Å². The predicted molar refractivity (Wildman–Crippen MR) is 131 cm³/mol. The van der Waals surface area contributed by atoms with E-state index in [0.29, 0.717) is 36.9 Å². The first-order chi connectivity index (χ1) is 16.7. The number of fused-ring (bicyclic) bond motifs is 1. The van der Waals surface area contributed by atoms with E-state index in [1.807, 2.05) is 0 Å². The molecule has 1 heterocycles. The van der Waals surface area contributed by atoms with Crippen LogP contribution in [0.4, 0.5) is 5.69 Å². The van der Waals surface area contributed by atoms with Crippen molar-refractivity contribution in [2.75, 3.05) is 44.5 Å². The van der Waals surface area contributed by atoms with Gasteiger partial charge in [0.15, 0.2) is 11.5 Å². The summed E-state index contributed by atoms with van der Waals surface area (Å²) >= 11 is 0. The molecule has 0 saturated heterocycles. The molecule has 1 N–H and O–H groups in total. The Balaban J connectivity index is 1.93. The van der Waals surface area contributed by atoms with Gasteiger partial charge in [-0.05, 0) is 36.2 Å². The Morgan fingerprint density at radius 1 is 1.09 bits per heavy atom. The van der Waals surface area contributed by atoms with Crippen molar-refractivity contribution in [2.24, 2.45) is 0 Å². The number of hydrogen-bond donors (Lipinski definition) is 1. The summed E-state index contributed by atoms with van der Waals surface area (Å²) < 4.78 is 42.7. The third kappa shape index (κ3) is 6.36. The second-order valence-corrected chi connectivity index (χ2v) is 9.91. The molecule has 0 aromatic heterocycles. The molecule has 11 heteroatoms. The molecule has 1 unspecified atom stereocenters. The molecule has 1 aliphatic rings. The van der Waals surface area contributed by atoms with E-state index in [1.54, 1.807) is 50.4 Å². The van der Waals surface area contributed by atoms with Gasteiger partial charge in [0.25, 0.3) is 0 Å². The lowest BCUT2D eigenvalue weighted by Gasteiger charge is -2.32. The third-order valence-electron chi connectivity index (χ3n) is 5.64. The lowest BCUT2D eigenvalue weighted by molar-refractivity contribution is -0.140. The molecule has 2 amide bonds. The number of methoxy groups -OCH3 is 1. The maximum absolute atomic E-state index is 13.6. The topological polar surface area (TPSA) is 114 Å². The van der Waals surface area contributed by atoms with E-state index in [0.717, 1.165) is 16.1 Å². The molecule has 3 rings (SSSR count). The van der Waals surface area contributed by atoms with Crippen LogP contribution in [0.5, 0.6) is 17.2 Å². The summed E-state index contributed by atoms with van der Waals surface area (Å²) in [5.74, 6) is 0.719. The minimum absolute atomic E-state index is 0.119. The predicted octanol–water partition coefficient (Wildman–Crippen LogP) is 1.79. The first-order valence-electron chi connectivity index (χ1n) is 11.2. The molecule has 2 aromatic carbocycles. The molecule has 0 fully saturated rings. The highest BCUT2D eigenvalue weighted by atomic mass is 32.2. The van der Waals surface area contributed by atoms with Gasteiger partial charge >= 0.3 is 0 Å². The highest BCUT2D eigenvalue weighted by molar-refractivity contribution is 7.92. The van der Waals surface area contributed by atoms with E-state index in [4.69, 9.17) is 14.2 Å². The molecule has 1 aliphatic heterocycles. The smallest absolute Gasteiger partial charge is 0.244 e. The first kappa shape index (κ1) is 26.1. The summed E-state index contributed by atoms with van der Waals surface area (Å²) in [5, 5.41) is 2.59. The van der Waals surface area contributed by atoms with Crippen molar-refractivity contribution in [2.45, 2.75) is 25.9 Å². The van der Waals surface area contributed by atoms with Crippen LogP contribution in [0.3, 0.4) is 0 Å². The Morgan fingerprint density at radius 2 is 1.74 bits per heavy atom. The molecule has 35 heavy (non-hydrogen) atoms. The maximum Gasteiger partial charge on any atom is 0.244 e. The number of hydrogen-bond acceptors (Lipinski definition) is 7. The van der Waals surface area contributed by atoms with Gasteiger partial charge in [-0.2, -0.15) is 0 Å². The highest BCUT2D eigenvalue weighted by Crippen LogP contribution is 2.34. The summed E-state index contributed by atoms with van der Waals surface area (Å²) in [7, 11) is -0.785. The van der Waals surface area contributed by atoms with Crippen LogP contribution < -0.4 is 23.8 Å². The lowest BCUT2D eigenvalue weighted by Crippen LogP contribution is -2.51. The van der Waals surface area contributed by atoms with E-state index in [-0.39, 0.29) is 18.1 Å². The van der Waals surface area contributed by atoms with Gasteiger partial charge < -0.3 is 24.4 Å². The Bertz CT molecular complexity index is 1150.